The Morgan fingerprint density at radius 1 is 1.35 bits per heavy atom. The van der Waals surface area contributed by atoms with Crippen LogP contribution in [0, 0.1) is 0 Å². The highest BCUT2D eigenvalue weighted by molar-refractivity contribution is 5.86. The van der Waals surface area contributed by atoms with Crippen LogP contribution in [0.25, 0.3) is 11.0 Å². The van der Waals surface area contributed by atoms with E-state index in [0.29, 0.717) is 24.4 Å². The number of nitrogens with one attached hydrogen (secondary N) is 1. The molecule has 0 saturated heterocycles. The van der Waals surface area contributed by atoms with Crippen LogP contribution in [0.1, 0.15) is 37.9 Å². The highest BCUT2D eigenvalue weighted by Crippen LogP contribution is 2.22. The third-order valence-electron chi connectivity index (χ3n) is 3.78. The lowest BCUT2D eigenvalue weighted by Crippen LogP contribution is -2.18. The number of hydrogen-bond acceptors (Lipinski definition) is 6. The van der Waals surface area contributed by atoms with Crippen LogP contribution >= 0.6 is 0 Å². The van der Waals surface area contributed by atoms with Crippen molar-refractivity contribution in [3.8, 4) is 0 Å². The number of ether oxygens (including phenoxy) is 1. The second-order valence-corrected chi connectivity index (χ2v) is 5.21. The van der Waals surface area contributed by atoms with Gasteiger partial charge in [-0.3, -0.25) is 4.68 Å². The molecule has 0 atom stereocenters. The summed E-state index contributed by atoms with van der Waals surface area (Å²) < 4.78 is 7.62. The number of fused-ring (bicyclic) bond motifs is 1. The summed E-state index contributed by atoms with van der Waals surface area (Å²) in [6.07, 6.45) is 8.13. The Labute approximate surface area is 117 Å². The lowest BCUT2D eigenvalue weighted by Gasteiger charge is -2.21. The first kappa shape index (κ1) is 13.3. The topological polar surface area (TPSA) is 90.9 Å². The van der Waals surface area contributed by atoms with Crippen LogP contribution in [0.3, 0.4) is 0 Å². The van der Waals surface area contributed by atoms with E-state index in [-0.39, 0.29) is 0 Å². The van der Waals surface area contributed by atoms with E-state index in [9.17, 15) is 0 Å². The zero-order valence-corrected chi connectivity index (χ0v) is 11.7. The molecule has 2 heterocycles. The number of hydrogen-bond donors (Lipinski definition) is 2. The van der Waals surface area contributed by atoms with Gasteiger partial charge in [-0.05, 0) is 12.8 Å². The molecule has 2 aromatic heterocycles. The molecule has 0 amide bonds. The SMILES string of the molecule is Cn1ncc2c(NN)nc(COC3CCCCC3)nc21. The molecular weight excluding hydrogens is 256 g/mol. The molecule has 7 heteroatoms. The van der Waals surface area contributed by atoms with E-state index in [2.05, 4.69) is 20.5 Å². The maximum atomic E-state index is 5.91. The highest BCUT2D eigenvalue weighted by atomic mass is 16.5. The predicted molar refractivity (Wildman–Crippen MR) is 75.8 cm³/mol. The molecule has 0 spiro atoms. The first-order valence-electron chi connectivity index (χ1n) is 7.05. The lowest BCUT2D eigenvalue weighted by molar-refractivity contribution is 0.0137. The standard InChI is InChI=1S/C13H20N6O/c1-19-13-10(7-15-19)12(18-14)16-11(17-13)8-20-9-5-3-2-4-6-9/h7,9H,2-6,8,14H2,1H3,(H,16,17,18). The molecule has 1 saturated carbocycles. The van der Waals surface area contributed by atoms with Crippen molar-refractivity contribution in [1.82, 2.24) is 19.7 Å². The van der Waals surface area contributed by atoms with E-state index in [1.807, 2.05) is 7.05 Å². The average Bonchev–Trinajstić information content (AvgIpc) is 2.87. The van der Waals surface area contributed by atoms with Gasteiger partial charge in [-0.25, -0.2) is 15.8 Å². The van der Waals surface area contributed by atoms with Gasteiger partial charge in [-0.1, -0.05) is 19.3 Å². The normalized spacial score (nSPS) is 16.7. The molecule has 0 bridgehead atoms. The Balaban J connectivity index is 1.78. The van der Waals surface area contributed by atoms with Gasteiger partial charge >= 0.3 is 0 Å². The molecule has 1 aliphatic rings. The van der Waals surface area contributed by atoms with Crippen LogP contribution in [0.2, 0.25) is 0 Å². The summed E-state index contributed by atoms with van der Waals surface area (Å²) in [7, 11) is 1.85. The van der Waals surface area contributed by atoms with E-state index in [1.54, 1.807) is 10.9 Å². The van der Waals surface area contributed by atoms with Crippen molar-refractivity contribution in [3.05, 3.63) is 12.0 Å². The van der Waals surface area contributed by atoms with Crippen molar-refractivity contribution in [2.75, 3.05) is 5.43 Å². The zero-order chi connectivity index (χ0) is 13.9. The van der Waals surface area contributed by atoms with Gasteiger partial charge in [-0.2, -0.15) is 5.10 Å². The fourth-order valence-corrected chi connectivity index (χ4v) is 2.67. The summed E-state index contributed by atoms with van der Waals surface area (Å²) in [6, 6.07) is 0. The van der Waals surface area contributed by atoms with Crippen LogP contribution in [0.15, 0.2) is 6.20 Å². The van der Waals surface area contributed by atoms with Crippen LogP contribution in [0.5, 0.6) is 0 Å². The molecule has 2 aromatic rings. The van der Waals surface area contributed by atoms with Gasteiger partial charge in [0.1, 0.15) is 6.61 Å². The van der Waals surface area contributed by atoms with Crippen molar-refractivity contribution < 1.29 is 4.74 Å². The quantitative estimate of drug-likeness (QED) is 0.649. The Hall–Kier alpha value is -1.73. The largest absolute Gasteiger partial charge is 0.370 e. The Kier molecular flexibility index (Phi) is 3.79. The first-order valence-corrected chi connectivity index (χ1v) is 7.05. The minimum atomic E-state index is 0.337. The fraction of sp³-hybridized carbons (Fsp3) is 0.615. The minimum absolute atomic E-state index is 0.337. The van der Waals surface area contributed by atoms with Crippen LogP contribution in [0.4, 0.5) is 5.82 Å². The van der Waals surface area contributed by atoms with E-state index < -0.39 is 0 Å². The molecule has 0 radical (unpaired) electrons. The summed E-state index contributed by atoms with van der Waals surface area (Å²) in [6.45, 7) is 0.417. The van der Waals surface area contributed by atoms with Crippen molar-refractivity contribution in [2.45, 2.75) is 44.8 Å². The smallest absolute Gasteiger partial charge is 0.163 e. The van der Waals surface area contributed by atoms with Crippen LogP contribution in [-0.2, 0) is 18.4 Å². The van der Waals surface area contributed by atoms with E-state index in [4.69, 9.17) is 10.6 Å². The molecule has 0 aliphatic heterocycles. The monoisotopic (exact) mass is 276 g/mol. The number of nitrogens with two attached hydrogens (primary N) is 1. The van der Waals surface area contributed by atoms with Crippen molar-refractivity contribution in [3.63, 3.8) is 0 Å². The number of anilines is 1. The molecule has 3 N–H and O–H groups in total. The average molecular weight is 276 g/mol. The summed E-state index contributed by atoms with van der Waals surface area (Å²) in [5.74, 6) is 6.74. The molecule has 0 aromatic carbocycles. The van der Waals surface area contributed by atoms with Crippen LogP contribution in [-0.4, -0.2) is 25.9 Å². The summed E-state index contributed by atoms with van der Waals surface area (Å²) >= 11 is 0. The summed E-state index contributed by atoms with van der Waals surface area (Å²) in [5.41, 5.74) is 3.36. The molecular formula is C13H20N6O. The van der Waals surface area contributed by atoms with Gasteiger partial charge in [0.2, 0.25) is 0 Å². The van der Waals surface area contributed by atoms with Crippen molar-refractivity contribution >= 4 is 16.9 Å². The maximum absolute atomic E-state index is 5.91. The third-order valence-corrected chi connectivity index (χ3v) is 3.78. The highest BCUT2D eigenvalue weighted by Gasteiger charge is 2.16. The molecule has 1 fully saturated rings. The number of aromatic nitrogens is 4. The number of nitrogen functional groups attached to an aromatic ring is 1. The molecule has 20 heavy (non-hydrogen) atoms. The van der Waals surface area contributed by atoms with Gasteiger partial charge in [-0.15, -0.1) is 0 Å². The Bertz CT molecular complexity index is 590. The molecule has 3 rings (SSSR count). The van der Waals surface area contributed by atoms with E-state index in [0.717, 1.165) is 23.9 Å². The van der Waals surface area contributed by atoms with Gasteiger partial charge in [0, 0.05) is 7.05 Å². The number of hydrazine groups is 1. The Morgan fingerprint density at radius 3 is 2.90 bits per heavy atom. The fourth-order valence-electron chi connectivity index (χ4n) is 2.67. The first-order chi connectivity index (χ1) is 9.78. The number of nitrogens with zero attached hydrogens (tertiary/aromatic N) is 4. The maximum Gasteiger partial charge on any atom is 0.163 e. The number of rotatable bonds is 4. The second-order valence-electron chi connectivity index (χ2n) is 5.21. The van der Waals surface area contributed by atoms with Crippen molar-refractivity contribution in [1.29, 1.82) is 0 Å². The van der Waals surface area contributed by atoms with Gasteiger partial charge in [0.15, 0.2) is 17.3 Å². The van der Waals surface area contributed by atoms with Crippen molar-refractivity contribution in [2.24, 2.45) is 12.9 Å². The molecule has 1 aliphatic carbocycles. The van der Waals surface area contributed by atoms with E-state index in [1.165, 1.54) is 19.3 Å². The second kappa shape index (κ2) is 5.72. The third kappa shape index (κ3) is 2.59. The van der Waals surface area contributed by atoms with E-state index >= 15 is 0 Å². The lowest BCUT2D eigenvalue weighted by atomic mass is 9.98. The minimum Gasteiger partial charge on any atom is -0.370 e. The van der Waals surface area contributed by atoms with Gasteiger partial charge in [0.05, 0.1) is 17.7 Å². The molecule has 7 nitrogen and oxygen atoms in total. The molecule has 0 unspecified atom stereocenters. The van der Waals surface area contributed by atoms with Crippen LogP contribution < -0.4 is 11.3 Å². The summed E-state index contributed by atoms with van der Waals surface area (Å²) in [4.78, 5) is 8.89. The molecule has 108 valence electrons. The van der Waals surface area contributed by atoms with Gasteiger partial charge in [0.25, 0.3) is 0 Å². The predicted octanol–water partition coefficient (Wildman–Crippen LogP) is 1.50. The zero-order valence-electron chi connectivity index (χ0n) is 11.7. The Morgan fingerprint density at radius 2 is 2.15 bits per heavy atom. The number of aryl methyl sites for hydroxylation is 1. The van der Waals surface area contributed by atoms with Gasteiger partial charge < -0.3 is 10.2 Å². The summed E-state index contributed by atoms with van der Waals surface area (Å²) in [5, 5.41) is 4.99.